The van der Waals surface area contributed by atoms with Gasteiger partial charge < -0.3 is 10.6 Å². The molecule has 168 valence electrons. The Kier molecular flexibility index (Phi) is 6.37. The number of rotatable bonds is 3. The minimum Gasteiger partial charge on any atom is -0.362 e. The number of fused-ring (bicyclic) bond motifs is 1. The number of hydrogen-bond acceptors (Lipinski definition) is 3. The lowest BCUT2D eigenvalue weighted by Crippen LogP contribution is -2.35. The van der Waals surface area contributed by atoms with Gasteiger partial charge in [-0.05, 0) is 29.8 Å². The highest BCUT2D eigenvalue weighted by Gasteiger charge is 2.47. The van der Waals surface area contributed by atoms with E-state index in [0.29, 0.717) is 10.2 Å². The number of carbonyl (C=O) groups is 1. The first kappa shape index (κ1) is 23.2. The average molecular weight is 569 g/mol. The molecular formula is C20H13BrCl3F3N4O. The highest BCUT2D eigenvalue weighted by Crippen LogP contribution is 2.46. The van der Waals surface area contributed by atoms with Crippen LogP contribution in [0, 0.1) is 0 Å². The molecule has 3 aromatic rings. The molecule has 4 rings (SSSR count). The maximum atomic E-state index is 13.9. The van der Waals surface area contributed by atoms with Crippen LogP contribution in [0.4, 0.5) is 24.7 Å². The van der Waals surface area contributed by atoms with Gasteiger partial charge in [0.2, 0.25) is 0 Å². The molecule has 0 saturated carbocycles. The van der Waals surface area contributed by atoms with E-state index in [1.165, 1.54) is 12.1 Å². The molecule has 12 heteroatoms. The normalized spacial score (nSPS) is 18.1. The van der Waals surface area contributed by atoms with E-state index in [1.54, 1.807) is 30.3 Å². The van der Waals surface area contributed by atoms with Gasteiger partial charge in [-0.2, -0.15) is 18.3 Å². The molecule has 0 bridgehead atoms. The fraction of sp³-hybridized carbons (Fsp3) is 0.200. The third-order valence-electron chi connectivity index (χ3n) is 4.98. The van der Waals surface area contributed by atoms with Crippen LogP contribution in [0.15, 0.2) is 46.9 Å². The lowest BCUT2D eigenvalue weighted by atomic mass is 9.97. The highest BCUT2D eigenvalue weighted by atomic mass is 79.9. The van der Waals surface area contributed by atoms with E-state index in [0.717, 1.165) is 4.47 Å². The number of halogens is 7. The van der Waals surface area contributed by atoms with Crippen molar-refractivity contribution in [1.29, 1.82) is 0 Å². The number of benzene rings is 2. The first-order chi connectivity index (χ1) is 15.1. The van der Waals surface area contributed by atoms with E-state index < -0.39 is 24.2 Å². The molecule has 0 aliphatic carbocycles. The largest absolute Gasteiger partial charge is 0.410 e. The van der Waals surface area contributed by atoms with Crippen molar-refractivity contribution < 1.29 is 18.0 Å². The second-order valence-electron chi connectivity index (χ2n) is 7.05. The molecule has 1 aliphatic heterocycles. The summed E-state index contributed by atoms with van der Waals surface area (Å²) in [4.78, 5) is 12.8. The zero-order chi connectivity index (χ0) is 23.2. The molecule has 0 spiro atoms. The summed E-state index contributed by atoms with van der Waals surface area (Å²) in [6.07, 6.45) is -4.93. The number of amides is 1. The van der Waals surface area contributed by atoms with Gasteiger partial charge in [0.05, 0.1) is 21.8 Å². The Morgan fingerprint density at radius 3 is 2.47 bits per heavy atom. The molecule has 2 heterocycles. The molecule has 2 aromatic carbocycles. The van der Waals surface area contributed by atoms with E-state index >= 15 is 0 Å². The first-order valence-corrected chi connectivity index (χ1v) is 11.1. The Morgan fingerprint density at radius 2 is 1.81 bits per heavy atom. The lowest BCUT2D eigenvalue weighted by Gasteiger charge is -2.33. The van der Waals surface area contributed by atoms with Crippen molar-refractivity contribution in [2.45, 2.75) is 24.7 Å². The standard InChI is InChI=1S/C20H13BrCl3F3N4O/c21-10-6-4-9(5-7-10)13-8-14(20(25,26)27)31-18(28-13)16(24)17(30-31)19(32)29-12-3-1-2-11(22)15(12)23/h1-7,13-14,28H,8H2,(H,29,32)/t13-,14+/m1/s1. The van der Waals surface area contributed by atoms with E-state index in [9.17, 15) is 18.0 Å². The highest BCUT2D eigenvalue weighted by molar-refractivity contribution is 9.10. The number of anilines is 2. The van der Waals surface area contributed by atoms with Gasteiger partial charge in [0.25, 0.3) is 5.91 Å². The minimum atomic E-state index is -4.61. The van der Waals surface area contributed by atoms with Crippen LogP contribution in [0.5, 0.6) is 0 Å². The molecule has 0 saturated heterocycles. The summed E-state index contributed by atoms with van der Waals surface area (Å²) in [7, 11) is 0. The van der Waals surface area contributed by atoms with Gasteiger partial charge in [-0.15, -0.1) is 0 Å². The smallest absolute Gasteiger partial charge is 0.362 e. The van der Waals surface area contributed by atoms with Crippen molar-refractivity contribution in [2.75, 3.05) is 10.6 Å². The predicted octanol–water partition coefficient (Wildman–Crippen LogP) is 7.52. The van der Waals surface area contributed by atoms with Gasteiger partial charge in [0.15, 0.2) is 11.7 Å². The second-order valence-corrected chi connectivity index (χ2v) is 9.13. The molecule has 0 radical (unpaired) electrons. The fourth-order valence-corrected chi connectivity index (χ4v) is 4.31. The average Bonchev–Trinajstić information content (AvgIpc) is 3.07. The summed E-state index contributed by atoms with van der Waals surface area (Å²) in [5.41, 5.74) is 0.456. The van der Waals surface area contributed by atoms with Gasteiger partial charge in [-0.1, -0.05) is 68.9 Å². The molecule has 2 atom stereocenters. The summed E-state index contributed by atoms with van der Waals surface area (Å²) in [5.74, 6) is -0.903. The maximum Gasteiger partial charge on any atom is 0.410 e. The Morgan fingerprint density at radius 1 is 1.12 bits per heavy atom. The number of carbonyl (C=O) groups excluding carboxylic acids is 1. The van der Waals surface area contributed by atoms with Gasteiger partial charge in [-0.3, -0.25) is 4.79 Å². The third kappa shape index (κ3) is 4.44. The Bertz CT molecular complexity index is 1180. The van der Waals surface area contributed by atoms with Crippen LogP contribution in [0.3, 0.4) is 0 Å². The fourth-order valence-electron chi connectivity index (χ4n) is 3.43. The van der Waals surface area contributed by atoms with Crippen molar-refractivity contribution in [1.82, 2.24) is 9.78 Å². The molecule has 2 N–H and O–H groups in total. The summed E-state index contributed by atoms with van der Waals surface area (Å²) >= 11 is 21.7. The van der Waals surface area contributed by atoms with Crippen molar-refractivity contribution >= 4 is 68.1 Å². The van der Waals surface area contributed by atoms with Gasteiger partial charge in [0.1, 0.15) is 10.8 Å². The number of aromatic nitrogens is 2. The van der Waals surface area contributed by atoms with Crippen LogP contribution in [0.25, 0.3) is 0 Å². The van der Waals surface area contributed by atoms with E-state index in [-0.39, 0.29) is 38.7 Å². The molecular weight excluding hydrogens is 556 g/mol. The van der Waals surface area contributed by atoms with Gasteiger partial charge in [0, 0.05) is 10.9 Å². The molecule has 1 aromatic heterocycles. The van der Waals surface area contributed by atoms with E-state index in [2.05, 4.69) is 31.7 Å². The first-order valence-electron chi connectivity index (χ1n) is 9.18. The number of hydrogen-bond donors (Lipinski definition) is 2. The Labute approximate surface area is 204 Å². The molecule has 32 heavy (non-hydrogen) atoms. The zero-order valence-electron chi connectivity index (χ0n) is 15.9. The molecule has 1 amide bonds. The summed E-state index contributed by atoms with van der Waals surface area (Å²) in [5, 5.41) is 9.44. The maximum absolute atomic E-state index is 13.9. The van der Waals surface area contributed by atoms with Crippen molar-refractivity contribution in [3.8, 4) is 0 Å². The van der Waals surface area contributed by atoms with Crippen LogP contribution in [-0.4, -0.2) is 21.9 Å². The zero-order valence-corrected chi connectivity index (χ0v) is 19.7. The van der Waals surface area contributed by atoms with Gasteiger partial charge >= 0.3 is 6.18 Å². The van der Waals surface area contributed by atoms with Crippen LogP contribution < -0.4 is 10.6 Å². The summed E-state index contributed by atoms with van der Waals surface area (Å²) in [6.45, 7) is 0. The monoisotopic (exact) mass is 566 g/mol. The van der Waals surface area contributed by atoms with Crippen molar-refractivity contribution in [3.05, 3.63) is 73.3 Å². The van der Waals surface area contributed by atoms with Crippen LogP contribution in [0.2, 0.25) is 15.1 Å². The minimum absolute atomic E-state index is 0.0872. The van der Waals surface area contributed by atoms with Crippen LogP contribution in [-0.2, 0) is 0 Å². The van der Waals surface area contributed by atoms with Crippen molar-refractivity contribution in [2.24, 2.45) is 0 Å². The van der Waals surface area contributed by atoms with E-state index in [4.69, 9.17) is 34.8 Å². The predicted molar refractivity (Wildman–Crippen MR) is 122 cm³/mol. The topological polar surface area (TPSA) is 59.0 Å². The van der Waals surface area contributed by atoms with Gasteiger partial charge in [-0.25, -0.2) is 4.68 Å². The quantitative estimate of drug-likeness (QED) is 0.344. The SMILES string of the molecule is O=C(Nc1cccc(Cl)c1Cl)c1nn2c(c1Cl)N[C@@H](c1ccc(Br)cc1)C[C@H]2C(F)(F)F. The van der Waals surface area contributed by atoms with Crippen LogP contribution in [0.1, 0.15) is 34.6 Å². The summed E-state index contributed by atoms with van der Waals surface area (Å²) < 4.78 is 43.2. The Balaban J connectivity index is 1.71. The van der Waals surface area contributed by atoms with E-state index in [1.807, 2.05) is 0 Å². The Hall–Kier alpha value is -1.94. The lowest BCUT2D eigenvalue weighted by molar-refractivity contribution is -0.173. The van der Waals surface area contributed by atoms with Crippen LogP contribution >= 0.6 is 50.7 Å². The molecule has 5 nitrogen and oxygen atoms in total. The van der Waals surface area contributed by atoms with Crippen molar-refractivity contribution in [3.63, 3.8) is 0 Å². The number of alkyl halides is 3. The third-order valence-corrected chi connectivity index (χ3v) is 6.69. The molecule has 0 fully saturated rings. The summed E-state index contributed by atoms with van der Waals surface area (Å²) in [6, 6.07) is 8.83. The number of nitrogens with one attached hydrogen (secondary N) is 2. The second kappa shape index (κ2) is 8.78. The molecule has 1 aliphatic rings. The molecule has 0 unspecified atom stereocenters. The number of nitrogens with zero attached hydrogens (tertiary/aromatic N) is 2.